The molecule has 0 aromatic heterocycles. The van der Waals surface area contributed by atoms with Crippen LogP contribution >= 0.6 is 0 Å². The Kier molecular flexibility index (Phi) is 5.28. The molecule has 1 aliphatic carbocycles. The van der Waals surface area contributed by atoms with Crippen LogP contribution in [0.5, 0.6) is 0 Å². The number of carboxylic acid groups (broad SMARTS) is 1. The number of hydrogen-bond donors (Lipinski definition) is 1. The van der Waals surface area contributed by atoms with Gasteiger partial charge in [0.1, 0.15) is 6.04 Å². The molecule has 1 amide bonds. The van der Waals surface area contributed by atoms with Gasteiger partial charge in [-0.2, -0.15) is 0 Å². The fourth-order valence-electron chi connectivity index (χ4n) is 4.24. The molecule has 21 heavy (non-hydrogen) atoms. The summed E-state index contributed by atoms with van der Waals surface area (Å²) in [5.74, 6) is -0.0873. The number of carbonyl (C=O) groups excluding carboxylic acids is 1. The van der Waals surface area contributed by atoms with Crippen LogP contribution in [-0.4, -0.2) is 34.0 Å². The molecule has 1 N–H and O–H groups in total. The van der Waals surface area contributed by atoms with Crippen LogP contribution < -0.4 is 0 Å². The maximum absolute atomic E-state index is 13.0. The number of fused-ring (bicyclic) bond motifs is 1. The molecule has 1 heterocycles. The van der Waals surface area contributed by atoms with E-state index in [0.29, 0.717) is 12.3 Å². The maximum atomic E-state index is 13.0. The van der Waals surface area contributed by atoms with Crippen molar-refractivity contribution in [3.05, 3.63) is 0 Å². The van der Waals surface area contributed by atoms with Crippen LogP contribution in [-0.2, 0) is 9.59 Å². The molecule has 2 fully saturated rings. The Balaban J connectivity index is 2.23. The van der Waals surface area contributed by atoms with Crippen molar-refractivity contribution in [1.29, 1.82) is 0 Å². The van der Waals surface area contributed by atoms with Crippen molar-refractivity contribution in [3.8, 4) is 0 Å². The van der Waals surface area contributed by atoms with Crippen molar-refractivity contribution >= 4 is 11.9 Å². The Morgan fingerprint density at radius 1 is 1.24 bits per heavy atom. The average molecular weight is 295 g/mol. The summed E-state index contributed by atoms with van der Waals surface area (Å²) >= 11 is 0. The van der Waals surface area contributed by atoms with Gasteiger partial charge in [0.05, 0.1) is 0 Å². The molecule has 4 nitrogen and oxygen atoms in total. The van der Waals surface area contributed by atoms with Gasteiger partial charge in [-0.25, -0.2) is 4.79 Å². The Morgan fingerprint density at radius 2 is 1.90 bits per heavy atom. The van der Waals surface area contributed by atoms with Crippen LogP contribution in [0.1, 0.15) is 65.7 Å². The second kappa shape index (κ2) is 6.80. The van der Waals surface area contributed by atoms with Crippen LogP contribution in [0.2, 0.25) is 0 Å². The molecule has 120 valence electrons. The number of carbonyl (C=O) groups is 2. The van der Waals surface area contributed by atoms with Crippen LogP contribution in [0.15, 0.2) is 0 Å². The standard InChI is InChI=1S/C17H29NO3/c1-4-7-13(11(2)3)16(19)18-14-9-6-5-8-12(14)10-15(18)17(20)21/h11-15H,4-10H2,1-3H3,(H,20,21). The largest absolute Gasteiger partial charge is 0.480 e. The predicted octanol–water partition coefficient (Wildman–Crippen LogP) is 3.30. The number of nitrogens with zero attached hydrogens (tertiary/aromatic N) is 1. The maximum Gasteiger partial charge on any atom is 0.326 e. The lowest BCUT2D eigenvalue weighted by atomic mass is 9.84. The zero-order chi connectivity index (χ0) is 15.6. The molecule has 0 spiro atoms. The molecule has 4 atom stereocenters. The molecule has 0 aromatic rings. The zero-order valence-electron chi connectivity index (χ0n) is 13.5. The highest BCUT2D eigenvalue weighted by Gasteiger charge is 2.48. The van der Waals surface area contributed by atoms with Gasteiger partial charge in [-0.05, 0) is 37.5 Å². The minimum atomic E-state index is -0.822. The summed E-state index contributed by atoms with van der Waals surface area (Å²) in [6, 6.07) is -0.422. The van der Waals surface area contributed by atoms with Gasteiger partial charge in [-0.3, -0.25) is 4.79 Å². The minimum absolute atomic E-state index is 0.0301. The summed E-state index contributed by atoms with van der Waals surface area (Å²) in [4.78, 5) is 26.4. The van der Waals surface area contributed by atoms with E-state index >= 15 is 0 Å². The molecule has 2 aliphatic rings. The van der Waals surface area contributed by atoms with E-state index in [0.717, 1.165) is 32.1 Å². The summed E-state index contributed by atoms with van der Waals surface area (Å²) in [7, 11) is 0. The van der Waals surface area contributed by atoms with Crippen molar-refractivity contribution in [2.45, 2.75) is 77.8 Å². The normalized spacial score (nSPS) is 30.3. The average Bonchev–Trinajstić information content (AvgIpc) is 2.83. The SMILES string of the molecule is CCCC(C(=O)N1C(C(=O)O)CC2CCCCC21)C(C)C. The third kappa shape index (κ3) is 3.24. The predicted molar refractivity (Wildman–Crippen MR) is 81.9 cm³/mol. The van der Waals surface area contributed by atoms with Crippen molar-refractivity contribution in [2.24, 2.45) is 17.8 Å². The lowest BCUT2D eigenvalue weighted by Crippen LogP contribution is -2.49. The Morgan fingerprint density at radius 3 is 2.48 bits per heavy atom. The summed E-state index contributed by atoms with van der Waals surface area (Å²) in [5, 5.41) is 9.54. The molecule has 1 saturated carbocycles. The van der Waals surface area contributed by atoms with Gasteiger partial charge in [-0.1, -0.05) is 40.0 Å². The second-order valence-electron chi connectivity index (χ2n) is 7.09. The number of likely N-dealkylation sites (tertiary alicyclic amines) is 1. The third-order valence-electron chi connectivity index (χ3n) is 5.35. The highest BCUT2D eigenvalue weighted by Crippen LogP contribution is 2.41. The topological polar surface area (TPSA) is 57.6 Å². The minimum Gasteiger partial charge on any atom is -0.480 e. The molecule has 4 unspecified atom stereocenters. The van der Waals surface area contributed by atoms with E-state index in [1.807, 2.05) is 0 Å². The van der Waals surface area contributed by atoms with Crippen molar-refractivity contribution in [1.82, 2.24) is 4.90 Å². The number of aliphatic carboxylic acids is 1. The van der Waals surface area contributed by atoms with Gasteiger partial charge < -0.3 is 10.0 Å². The van der Waals surface area contributed by atoms with E-state index in [9.17, 15) is 14.7 Å². The number of rotatable bonds is 5. The summed E-state index contributed by atoms with van der Waals surface area (Å²) in [6.45, 7) is 6.23. The molecule has 2 rings (SSSR count). The van der Waals surface area contributed by atoms with E-state index in [4.69, 9.17) is 0 Å². The van der Waals surface area contributed by atoms with E-state index in [2.05, 4.69) is 20.8 Å². The number of carboxylic acids is 1. The Hall–Kier alpha value is -1.06. The van der Waals surface area contributed by atoms with Crippen LogP contribution in [0.3, 0.4) is 0 Å². The van der Waals surface area contributed by atoms with Gasteiger partial charge in [0.2, 0.25) is 5.91 Å². The number of amides is 1. The van der Waals surface area contributed by atoms with Crippen molar-refractivity contribution < 1.29 is 14.7 Å². The first-order valence-electron chi connectivity index (χ1n) is 8.52. The van der Waals surface area contributed by atoms with Gasteiger partial charge in [0.25, 0.3) is 0 Å². The molecular weight excluding hydrogens is 266 g/mol. The monoisotopic (exact) mass is 295 g/mol. The summed E-state index contributed by atoms with van der Waals surface area (Å²) in [5.41, 5.74) is 0. The third-order valence-corrected chi connectivity index (χ3v) is 5.35. The summed E-state index contributed by atoms with van der Waals surface area (Å²) in [6.07, 6.45) is 6.85. The van der Waals surface area contributed by atoms with Crippen LogP contribution in [0.4, 0.5) is 0 Å². The molecule has 0 radical (unpaired) electrons. The van der Waals surface area contributed by atoms with E-state index < -0.39 is 12.0 Å². The first-order chi connectivity index (χ1) is 9.97. The highest BCUT2D eigenvalue weighted by molar-refractivity contribution is 5.86. The van der Waals surface area contributed by atoms with E-state index in [-0.39, 0.29) is 23.8 Å². The van der Waals surface area contributed by atoms with Crippen molar-refractivity contribution in [2.75, 3.05) is 0 Å². The molecule has 1 saturated heterocycles. The smallest absolute Gasteiger partial charge is 0.326 e. The highest BCUT2D eigenvalue weighted by atomic mass is 16.4. The van der Waals surface area contributed by atoms with Gasteiger partial charge >= 0.3 is 5.97 Å². The molecule has 4 heteroatoms. The molecule has 0 aromatic carbocycles. The fraction of sp³-hybridized carbons (Fsp3) is 0.882. The van der Waals surface area contributed by atoms with Crippen molar-refractivity contribution in [3.63, 3.8) is 0 Å². The molecular formula is C17H29NO3. The quantitative estimate of drug-likeness (QED) is 0.846. The first kappa shape index (κ1) is 16.3. The van der Waals surface area contributed by atoms with E-state index in [1.54, 1.807) is 4.90 Å². The second-order valence-corrected chi connectivity index (χ2v) is 7.09. The van der Waals surface area contributed by atoms with Gasteiger partial charge in [-0.15, -0.1) is 0 Å². The first-order valence-corrected chi connectivity index (χ1v) is 8.52. The number of hydrogen-bond acceptors (Lipinski definition) is 2. The van der Waals surface area contributed by atoms with Crippen LogP contribution in [0, 0.1) is 17.8 Å². The lowest BCUT2D eigenvalue weighted by molar-refractivity contribution is -0.152. The van der Waals surface area contributed by atoms with Gasteiger partial charge in [0, 0.05) is 12.0 Å². The van der Waals surface area contributed by atoms with Crippen LogP contribution in [0.25, 0.3) is 0 Å². The summed E-state index contributed by atoms with van der Waals surface area (Å²) < 4.78 is 0. The molecule has 1 aliphatic heterocycles. The van der Waals surface area contributed by atoms with E-state index in [1.165, 1.54) is 6.42 Å². The van der Waals surface area contributed by atoms with Gasteiger partial charge in [0.15, 0.2) is 0 Å². The fourth-order valence-corrected chi connectivity index (χ4v) is 4.24. The Labute approximate surface area is 127 Å². The molecule has 0 bridgehead atoms. The lowest BCUT2D eigenvalue weighted by Gasteiger charge is -2.36. The Bertz CT molecular complexity index is 393. The zero-order valence-corrected chi connectivity index (χ0v) is 13.5.